The second kappa shape index (κ2) is 9.32. The van der Waals surface area contributed by atoms with Crippen LogP contribution in [-0.2, 0) is 26.2 Å². The minimum absolute atomic E-state index is 0.0190. The first-order chi connectivity index (χ1) is 12.8. The smallest absolute Gasteiger partial charge is 0.229 e. The minimum Gasteiger partial charge on any atom is -0.306 e. The van der Waals surface area contributed by atoms with E-state index < -0.39 is 10.0 Å². The molecule has 0 fully saturated rings. The number of para-hydroxylation sites is 2. The van der Waals surface area contributed by atoms with E-state index in [9.17, 15) is 18.0 Å². The monoisotopic (exact) mass is 388 g/mol. The minimum atomic E-state index is -3.50. The van der Waals surface area contributed by atoms with E-state index in [0.717, 1.165) is 11.8 Å². The third kappa shape index (κ3) is 6.53. The van der Waals surface area contributed by atoms with Crippen LogP contribution in [0.1, 0.15) is 31.7 Å². The highest BCUT2D eigenvalue weighted by Gasteiger charge is 2.21. The molecule has 1 N–H and O–H groups in total. The number of amides is 1. The Hall–Kier alpha value is -2.67. The van der Waals surface area contributed by atoms with Crippen LogP contribution in [0.4, 0.5) is 11.4 Å². The lowest BCUT2D eigenvalue weighted by Gasteiger charge is -2.25. The van der Waals surface area contributed by atoms with Crippen molar-refractivity contribution < 1.29 is 18.0 Å². The first-order valence-electron chi connectivity index (χ1n) is 8.73. The van der Waals surface area contributed by atoms with E-state index in [4.69, 9.17) is 0 Å². The molecule has 144 valence electrons. The molecule has 1 amide bonds. The maximum atomic E-state index is 12.9. The molecule has 0 unspecified atom stereocenters. The highest BCUT2D eigenvalue weighted by molar-refractivity contribution is 7.92. The van der Waals surface area contributed by atoms with Gasteiger partial charge < -0.3 is 4.90 Å². The molecule has 0 bridgehead atoms. The van der Waals surface area contributed by atoms with Gasteiger partial charge in [-0.1, -0.05) is 49.4 Å². The topological polar surface area (TPSA) is 83.6 Å². The van der Waals surface area contributed by atoms with Crippen LogP contribution < -0.4 is 9.62 Å². The van der Waals surface area contributed by atoms with Gasteiger partial charge >= 0.3 is 0 Å². The summed E-state index contributed by atoms with van der Waals surface area (Å²) in [5.74, 6) is -0.214. The van der Waals surface area contributed by atoms with E-state index in [1.54, 1.807) is 31.2 Å². The first-order valence-corrected chi connectivity index (χ1v) is 10.6. The van der Waals surface area contributed by atoms with Crippen molar-refractivity contribution in [3.63, 3.8) is 0 Å². The fourth-order valence-electron chi connectivity index (χ4n) is 2.63. The third-order valence-corrected chi connectivity index (χ3v) is 4.58. The van der Waals surface area contributed by atoms with Gasteiger partial charge in [-0.05, 0) is 17.7 Å². The van der Waals surface area contributed by atoms with Gasteiger partial charge in [0.05, 0.1) is 24.2 Å². The second-order valence-electron chi connectivity index (χ2n) is 6.25. The average molecular weight is 388 g/mol. The maximum Gasteiger partial charge on any atom is 0.229 e. The number of anilines is 2. The number of hydrogen-bond acceptors (Lipinski definition) is 4. The zero-order chi connectivity index (χ0) is 19.9. The van der Waals surface area contributed by atoms with Gasteiger partial charge in [0, 0.05) is 19.3 Å². The number of benzene rings is 2. The van der Waals surface area contributed by atoms with Crippen molar-refractivity contribution in [1.82, 2.24) is 0 Å². The summed E-state index contributed by atoms with van der Waals surface area (Å²) in [6, 6.07) is 16.2. The summed E-state index contributed by atoms with van der Waals surface area (Å²) < 4.78 is 25.9. The lowest BCUT2D eigenvalue weighted by molar-refractivity contribution is -0.123. The molecule has 6 nitrogen and oxygen atoms in total. The van der Waals surface area contributed by atoms with Gasteiger partial charge in [-0.15, -0.1) is 0 Å². The summed E-state index contributed by atoms with van der Waals surface area (Å²) in [7, 11) is -3.50. The molecular formula is C20H24N2O4S. The van der Waals surface area contributed by atoms with Crippen molar-refractivity contribution in [2.45, 2.75) is 32.7 Å². The molecule has 0 spiro atoms. The summed E-state index contributed by atoms with van der Waals surface area (Å²) in [6.07, 6.45) is 1.69. The molecule has 0 atom stereocenters. The summed E-state index contributed by atoms with van der Waals surface area (Å²) in [4.78, 5) is 26.0. The van der Waals surface area contributed by atoms with Crippen molar-refractivity contribution in [1.29, 1.82) is 0 Å². The van der Waals surface area contributed by atoms with Gasteiger partial charge in [0.15, 0.2) is 0 Å². The van der Waals surface area contributed by atoms with E-state index in [-0.39, 0.29) is 31.1 Å². The van der Waals surface area contributed by atoms with E-state index in [2.05, 4.69) is 4.72 Å². The third-order valence-electron chi connectivity index (χ3n) is 3.99. The number of carbonyl (C=O) groups excluding carboxylic acids is 2. The van der Waals surface area contributed by atoms with Gasteiger partial charge in [0.25, 0.3) is 0 Å². The van der Waals surface area contributed by atoms with Gasteiger partial charge in [0.2, 0.25) is 15.9 Å². The Morgan fingerprint density at radius 1 is 0.963 bits per heavy atom. The van der Waals surface area contributed by atoms with Crippen molar-refractivity contribution in [3.05, 3.63) is 60.2 Å². The number of Topliss-reactive ketones (excluding diaryl/α,β-unsaturated/α-hetero) is 1. The van der Waals surface area contributed by atoms with E-state index in [1.165, 1.54) is 4.90 Å². The normalized spacial score (nSPS) is 11.0. The van der Waals surface area contributed by atoms with E-state index >= 15 is 0 Å². The van der Waals surface area contributed by atoms with Crippen molar-refractivity contribution in [2.75, 3.05) is 15.9 Å². The molecule has 0 aliphatic carbocycles. The fourth-order valence-corrected chi connectivity index (χ4v) is 3.20. The Balaban J connectivity index is 2.37. The van der Waals surface area contributed by atoms with Crippen LogP contribution in [0, 0.1) is 0 Å². The van der Waals surface area contributed by atoms with Crippen LogP contribution in [0.3, 0.4) is 0 Å². The Labute approximate surface area is 160 Å². The molecule has 7 heteroatoms. The lowest BCUT2D eigenvalue weighted by atomic mass is 10.1. The molecule has 2 aromatic rings. The number of nitrogens with one attached hydrogen (secondary N) is 1. The summed E-state index contributed by atoms with van der Waals surface area (Å²) in [5, 5.41) is 0. The summed E-state index contributed by atoms with van der Waals surface area (Å²) in [6.45, 7) is 2.04. The zero-order valence-electron chi connectivity index (χ0n) is 15.5. The van der Waals surface area contributed by atoms with Crippen LogP contribution in [-0.4, -0.2) is 26.4 Å². The molecule has 0 radical (unpaired) electrons. The van der Waals surface area contributed by atoms with Gasteiger partial charge in [-0.25, -0.2) is 8.42 Å². The number of carbonyl (C=O) groups is 2. The van der Waals surface area contributed by atoms with Crippen LogP contribution in [0.2, 0.25) is 0 Å². The van der Waals surface area contributed by atoms with Gasteiger partial charge in [-0.3, -0.25) is 14.3 Å². The molecule has 0 aromatic heterocycles. The fraction of sp³-hybridized carbons (Fsp3) is 0.300. The highest BCUT2D eigenvalue weighted by Crippen LogP contribution is 2.28. The number of ketones is 1. The molecule has 2 rings (SSSR count). The lowest BCUT2D eigenvalue weighted by Crippen LogP contribution is -2.31. The highest BCUT2D eigenvalue weighted by atomic mass is 32.2. The van der Waals surface area contributed by atoms with Crippen LogP contribution in [0.5, 0.6) is 0 Å². The summed E-state index contributed by atoms with van der Waals surface area (Å²) in [5.41, 5.74) is 1.69. The largest absolute Gasteiger partial charge is 0.306 e. The van der Waals surface area contributed by atoms with E-state index in [1.807, 2.05) is 30.3 Å². The Morgan fingerprint density at radius 3 is 2.22 bits per heavy atom. The maximum absolute atomic E-state index is 12.9. The predicted octanol–water partition coefficient (Wildman–Crippen LogP) is 3.35. The molecule has 0 heterocycles. The number of rotatable bonds is 9. The Kier molecular flexibility index (Phi) is 7.12. The standard InChI is InChI=1S/C20H24N2O4S/c1-3-17(23)13-14-20(24)22(15-16-9-5-4-6-10-16)19-12-8-7-11-18(19)21-27(2,25)26/h4-12,21H,3,13-15H2,1-2H3. The number of hydrogen-bond donors (Lipinski definition) is 1. The van der Waals surface area contributed by atoms with E-state index in [0.29, 0.717) is 17.8 Å². The molecule has 0 saturated carbocycles. The van der Waals surface area contributed by atoms with Crippen molar-refractivity contribution in [3.8, 4) is 0 Å². The average Bonchev–Trinajstić information content (AvgIpc) is 2.64. The zero-order valence-corrected chi connectivity index (χ0v) is 16.3. The van der Waals surface area contributed by atoms with Crippen LogP contribution >= 0.6 is 0 Å². The van der Waals surface area contributed by atoms with Crippen LogP contribution in [0.25, 0.3) is 0 Å². The van der Waals surface area contributed by atoms with Crippen molar-refractivity contribution in [2.24, 2.45) is 0 Å². The first kappa shape index (κ1) is 20.6. The molecular weight excluding hydrogens is 364 g/mol. The molecule has 0 saturated heterocycles. The number of nitrogens with zero attached hydrogens (tertiary/aromatic N) is 1. The Morgan fingerprint density at radius 2 is 1.59 bits per heavy atom. The second-order valence-corrected chi connectivity index (χ2v) is 8.00. The predicted molar refractivity (Wildman–Crippen MR) is 107 cm³/mol. The van der Waals surface area contributed by atoms with Gasteiger partial charge in [-0.2, -0.15) is 0 Å². The Bertz CT molecular complexity index is 895. The SMILES string of the molecule is CCC(=O)CCC(=O)N(Cc1ccccc1)c1ccccc1NS(C)(=O)=O. The molecule has 27 heavy (non-hydrogen) atoms. The molecule has 2 aromatic carbocycles. The number of sulfonamides is 1. The van der Waals surface area contributed by atoms with Crippen molar-refractivity contribution >= 4 is 33.1 Å². The molecule has 0 aliphatic heterocycles. The quantitative estimate of drug-likeness (QED) is 0.714. The molecule has 0 aliphatic rings. The van der Waals surface area contributed by atoms with Crippen LogP contribution in [0.15, 0.2) is 54.6 Å². The van der Waals surface area contributed by atoms with Gasteiger partial charge in [0.1, 0.15) is 5.78 Å². The summed E-state index contributed by atoms with van der Waals surface area (Å²) >= 11 is 0.